The molecule has 0 aromatic rings. The fourth-order valence-electron chi connectivity index (χ4n) is 3.73. The molecule has 17 heavy (non-hydrogen) atoms. The summed E-state index contributed by atoms with van der Waals surface area (Å²) in [4.78, 5) is 2.76. The third-order valence-electron chi connectivity index (χ3n) is 4.76. The van der Waals surface area contributed by atoms with E-state index in [1.54, 1.807) is 0 Å². The summed E-state index contributed by atoms with van der Waals surface area (Å²) in [5.41, 5.74) is 0.452. The van der Waals surface area contributed by atoms with Gasteiger partial charge in [0.2, 0.25) is 0 Å². The average molecular weight is 238 g/mol. The zero-order valence-electron chi connectivity index (χ0n) is 11.8. The smallest absolute Gasteiger partial charge is 0.0309 e. The lowest BCUT2D eigenvalue weighted by molar-refractivity contribution is 0.145. The molecule has 2 aliphatic rings. The minimum Gasteiger partial charge on any atom is -0.310 e. The molecule has 2 fully saturated rings. The lowest BCUT2D eigenvalue weighted by Gasteiger charge is -2.38. The maximum atomic E-state index is 3.82. The van der Waals surface area contributed by atoms with Crippen LogP contribution in [0.3, 0.4) is 0 Å². The number of likely N-dealkylation sites (tertiary alicyclic amines) is 1. The number of hydrogen-bond acceptors (Lipinski definition) is 2. The van der Waals surface area contributed by atoms with Crippen molar-refractivity contribution in [3.63, 3.8) is 0 Å². The zero-order valence-corrected chi connectivity index (χ0v) is 11.8. The Morgan fingerprint density at radius 3 is 2.82 bits per heavy atom. The second kappa shape index (κ2) is 6.19. The lowest BCUT2D eigenvalue weighted by atomic mass is 9.90. The Labute approximate surface area is 107 Å². The Kier molecular flexibility index (Phi) is 4.87. The summed E-state index contributed by atoms with van der Waals surface area (Å²) in [6.07, 6.45) is 11.1. The molecule has 0 aliphatic carbocycles. The predicted molar refractivity (Wildman–Crippen MR) is 74.4 cm³/mol. The van der Waals surface area contributed by atoms with Crippen LogP contribution in [0.4, 0.5) is 0 Å². The Bertz CT molecular complexity index is 221. The maximum Gasteiger partial charge on any atom is 0.0309 e. The van der Waals surface area contributed by atoms with Crippen molar-refractivity contribution in [2.24, 2.45) is 0 Å². The first kappa shape index (κ1) is 13.4. The van der Waals surface area contributed by atoms with Crippen molar-refractivity contribution in [3.8, 4) is 0 Å². The highest BCUT2D eigenvalue weighted by atomic mass is 15.2. The van der Waals surface area contributed by atoms with Crippen molar-refractivity contribution in [1.82, 2.24) is 10.2 Å². The van der Waals surface area contributed by atoms with Crippen LogP contribution in [0.1, 0.15) is 65.2 Å². The van der Waals surface area contributed by atoms with Gasteiger partial charge in [-0.2, -0.15) is 0 Å². The van der Waals surface area contributed by atoms with Gasteiger partial charge in [0.25, 0.3) is 0 Å². The molecule has 0 spiro atoms. The SMILES string of the molecule is CCCC1(CN2CCCCCC2C)CCCN1. The molecule has 0 amide bonds. The fraction of sp³-hybridized carbons (Fsp3) is 1.00. The van der Waals surface area contributed by atoms with E-state index in [0.29, 0.717) is 5.54 Å². The molecule has 0 aromatic heterocycles. The van der Waals surface area contributed by atoms with Gasteiger partial charge in [0.15, 0.2) is 0 Å². The molecule has 0 bridgehead atoms. The van der Waals surface area contributed by atoms with Gasteiger partial charge < -0.3 is 5.32 Å². The molecule has 2 nitrogen and oxygen atoms in total. The molecule has 2 unspecified atom stereocenters. The van der Waals surface area contributed by atoms with Crippen LogP contribution in [0.5, 0.6) is 0 Å². The van der Waals surface area contributed by atoms with Crippen LogP contribution in [-0.4, -0.2) is 36.1 Å². The first-order valence-corrected chi connectivity index (χ1v) is 7.75. The summed E-state index contributed by atoms with van der Waals surface area (Å²) in [5.74, 6) is 0. The van der Waals surface area contributed by atoms with Crippen molar-refractivity contribution < 1.29 is 0 Å². The van der Waals surface area contributed by atoms with Crippen molar-refractivity contribution >= 4 is 0 Å². The molecule has 100 valence electrons. The van der Waals surface area contributed by atoms with Gasteiger partial charge in [-0.25, -0.2) is 0 Å². The standard InChI is InChI=1S/C15H30N2/c1-3-9-15(10-7-11-16-15)13-17-12-6-4-5-8-14(17)2/h14,16H,3-13H2,1-2H3. The van der Waals surface area contributed by atoms with Crippen LogP contribution >= 0.6 is 0 Å². The second-order valence-corrected chi connectivity index (χ2v) is 6.23. The van der Waals surface area contributed by atoms with Crippen molar-refractivity contribution in [2.45, 2.75) is 76.8 Å². The van der Waals surface area contributed by atoms with Crippen LogP contribution < -0.4 is 5.32 Å². The molecule has 2 heteroatoms. The van der Waals surface area contributed by atoms with Crippen LogP contribution in [0.25, 0.3) is 0 Å². The molecular weight excluding hydrogens is 208 g/mol. The molecule has 2 saturated heterocycles. The van der Waals surface area contributed by atoms with E-state index in [4.69, 9.17) is 0 Å². The van der Waals surface area contributed by atoms with Gasteiger partial charge in [0, 0.05) is 18.1 Å². The third kappa shape index (κ3) is 3.45. The highest BCUT2D eigenvalue weighted by Crippen LogP contribution is 2.28. The minimum atomic E-state index is 0.452. The Hall–Kier alpha value is -0.0800. The topological polar surface area (TPSA) is 15.3 Å². The summed E-state index contributed by atoms with van der Waals surface area (Å²) >= 11 is 0. The van der Waals surface area contributed by atoms with Gasteiger partial charge in [-0.15, -0.1) is 0 Å². The van der Waals surface area contributed by atoms with Gasteiger partial charge in [-0.1, -0.05) is 26.2 Å². The molecule has 0 aromatic carbocycles. The number of hydrogen-bond donors (Lipinski definition) is 1. The van der Waals surface area contributed by atoms with Crippen molar-refractivity contribution in [3.05, 3.63) is 0 Å². The van der Waals surface area contributed by atoms with E-state index in [9.17, 15) is 0 Å². The summed E-state index contributed by atoms with van der Waals surface area (Å²) < 4.78 is 0. The van der Waals surface area contributed by atoms with E-state index in [0.717, 1.165) is 6.04 Å². The highest BCUT2D eigenvalue weighted by molar-refractivity contribution is 4.96. The summed E-state index contributed by atoms with van der Waals surface area (Å²) in [6.45, 7) is 8.62. The molecule has 1 N–H and O–H groups in total. The van der Waals surface area contributed by atoms with E-state index >= 15 is 0 Å². The van der Waals surface area contributed by atoms with E-state index in [1.165, 1.54) is 71.0 Å². The molecule has 2 aliphatic heterocycles. The quantitative estimate of drug-likeness (QED) is 0.809. The molecule has 2 heterocycles. The summed E-state index contributed by atoms with van der Waals surface area (Å²) in [5, 5.41) is 3.82. The van der Waals surface area contributed by atoms with Gasteiger partial charge in [-0.05, 0) is 52.1 Å². The molecule has 2 rings (SSSR count). The number of nitrogens with one attached hydrogen (secondary N) is 1. The van der Waals surface area contributed by atoms with Crippen LogP contribution in [0.15, 0.2) is 0 Å². The molecule has 0 radical (unpaired) electrons. The third-order valence-corrected chi connectivity index (χ3v) is 4.76. The van der Waals surface area contributed by atoms with Crippen LogP contribution in [-0.2, 0) is 0 Å². The predicted octanol–water partition coefficient (Wildman–Crippen LogP) is 3.17. The lowest BCUT2D eigenvalue weighted by Crippen LogP contribution is -2.52. The second-order valence-electron chi connectivity index (χ2n) is 6.23. The summed E-state index contributed by atoms with van der Waals surface area (Å²) in [6, 6.07) is 0.800. The van der Waals surface area contributed by atoms with Crippen molar-refractivity contribution in [2.75, 3.05) is 19.6 Å². The van der Waals surface area contributed by atoms with E-state index in [1.807, 2.05) is 0 Å². The van der Waals surface area contributed by atoms with E-state index in [-0.39, 0.29) is 0 Å². The molecule has 0 saturated carbocycles. The zero-order chi connectivity index (χ0) is 12.1. The Balaban J connectivity index is 1.95. The number of nitrogens with zero attached hydrogens (tertiary/aromatic N) is 1. The Morgan fingerprint density at radius 2 is 2.12 bits per heavy atom. The van der Waals surface area contributed by atoms with E-state index < -0.39 is 0 Å². The average Bonchev–Trinajstić information content (AvgIpc) is 2.67. The monoisotopic (exact) mass is 238 g/mol. The Morgan fingerprint density at radius 1 is 1.24 bits per heavy atom. The first-order chi connectivity index (χ1) is 8.26. The minimum absolute atomic E-state index is 0.452. The van der Waals surface area contributed by atoms with Crippen molar-refractivity contribution in [1.29, 1.82) is 0 Å². The van der Waals surface area contributed by atoms with E-state index in [2.05, 4.69) is 24.1 Å². The largest absolute Gasteiger partial charge is 0.310 e. The van der Waals surface area contributed by atoms with Gasteiger partial charge in [0.1, 0.15) is 0 Å². The summed E-state index contributed by atoms with van der Waals surface area (Å²) in [7, 11) is 0. The fourth-order valence-corrected chi connectivity index (χ4v) is 3.73. The van der Waals surface area contributed by atoms with Crippen LogP contribution in [0.2, 0.25) is 0 Å². The highest BCUT2D eigenvalue weighted by Gasteiger charge is 2.35. The molecular formula is C15H30N2. The first-order valence-electron chi connectivity index (χ1n) is 7.75. The maximum absolute atomic E-state index is 3.82. The van der Waals surface area contributed by atoms with Gasteiger partial charge in [0.05, 0.1) is 0 Å². The normalized spacial score (nSPS) is 36.0. The van der Waals surface area contributed by atoms with Crippen LogP contribution in [0, 0.1) is 0 Å². The number of rotatable bonds is 4. The van der Waals surface area contributed by atoms with Gasteiger partial charge >= 0.3 is 0 Å². The molecule has 2 atom stereocenters. The van der Waals surface area contributed by atoms with Gasteiger partial charge in [-0.3, -0.25) is 4.90 Å².